The molecule has 0 radical (unpaired) electrons. The molecule has 1 N–H and O–H groups in total. The van der Waals surface area contributed by atoms with E-state index < -0.39 is 0 Å². The van der Waals surface area contributed by atoms with Gasteiger partial charge in [-0.1, -0.05) is 63.2 Å². The van der Waals surface area contributed by atoms with Gasteiger partial charge in [-0.25, -0.2) is 4.90 Å². The zero-order valence-corrected chi connectivity index (χ0v) is 20.5. The minimum atomic E-state index is -0.389. The number of imide groups is 1. The van der Waals surface area contributed by atoms with Crippen molar-refractivity contribution in [3.05, 3.63) is 94.7 Å². The van der Waals surface area contributed by atoms with Gasteiger partial charge in [0.1, 0.15) is 11.4 Å². The lowest BCUT2D eigenvalue weighted by molar-refractivity contribution is -0.120. The minimum absolute atomic E-state index is 0.0129. The van der Waals surface area contributed by atoms with Gasteiger partial charge in [0.2, 0.25) is 0 Å². The molecule has 1 aliphatic heterocycles. The van der Waals surface area contributed by atoms with Crippen LogP contribution >= 0.6 is 0 Å². The predicted octanol–water partition coefficient (Wildman–Crippen LogP) is 6.01. The van der Waals surface area contributed by atoms with Gasteiger partial charge in [-0.05, 0) is 60.2 Å². The van der Waals surface area contributed by atoms with Crippen LogP contribution in [-0.2, 0) is 15.0 Å². The fourth-order valence-corrected chi connectivity index (χ4v) is 4.12. The number of rotatable bonds is 5. The van der Waals surface area contributed by atoms with E-state index in [1.54, 1.807) is 19.2 Å². The Labute approximate surface area is 201 Å². The largest absolute Gasteiger partial charge is 0.496 e. The molecule has 3 aromatic carbocycles. The first-order valence-corrected chi connectivity index (χ1v) is 11.3. The van der Waals surface area contributed by atoms with E-state index in [1.807, 2.05) is 68.4 Å². The van der Waals surface area contributed by atoms with Gasteiger partial charge >= 0.3 is 0 Å². The summed E-state index contributed by atoms with van der Waals surface area (Å²) >= 11 is 0. The third-order valence-electron chi connectivity index (χ3n) is 6.09. The third kappa shape index (κ3) is 4.21. The van der Waals surface area contributed by atoms with Gasteiger partial charge in [0.15, 0.2) is 0 Å². The fourth-order valence-electron chi connectivity index (χ4n) is 4.12. The normalized spacial score (nSPS) is 14.1. The quantitative estimate of drug-likeness (QED) is 0.480. The van der Waals surface area contributed by atoms with Gasteiger partial charge in [-0.15, -0.1) is 0 Å². The molecule has 0 saturated heterocycles. The highest BCUT2D eigenvalue weighted by molar-refractivity contribution is 6.46. The Hall–Kier alpha value is -3.86. The molecule has 0 unspecified atom stereocenters. The number of ether oxygens (including phenoxy) is 1. The van der Waals surface area contributed by atoms with E-state index in [1.165, 1.54) is 10.5 Å². The third-order valence-corrected chi connectivity index (χ3v) is 6.09. The molecule has 5 heteroatoms. The average Bonchev–Trinajstić information content (AvgIpc) is 3.04. The summed E-state index contributed by atoms with van der Waals surface area (Å²) in [5.41, 5.74) is 5.44. The van der Waals surface area contributed by atoms with Crippen LogP contribution in [0.5, 0.6) is 5.75 Å². The molecule has 2 amide bonds. The van der Waals surface area contributed by atoms with Crippen LogP contribution in [0.15, 0.2) is 72.4 Å². The van der Waals surface area contributed by atoms with Crippen LogP contribution in [0, 0.1) is 13.8 Å². The second kappa shape index (κ2) is 8.82. The number of carbonyl (C=O) groups is 2. The number of carbonyl (C=O) groups excluding carboxylic acids is 2. The van der Waals surface area contributed by atoms with Crippen molar-refractivity contribution in [1.29, 1.82) is 0 Å². The zero-order chi connectivity index (χ0) is 24.6. The van der Waals surface area contributed by atoms with Crippen molar-refractivity contribution in [1.82, 2.24) is 0 Å². The highest BCUT2D eigenvalue weighted by Crippen LogP contribution is 2.38. The summed E-state index contributed by atoms with van der Waals surface area (Å²) in [6.45, 7) is 10.3. The Balaban J connectivity index is 1.84. The van der Waals surface area contributed by atoms with E-state index >= 15 is 0 Å². The Morgan fingerprint density at radius 2 is 1.53 bits per heavy atom. The molecule has 0 aliphatic carbocycles. The van der Waals surface area contributed by atoms with Crippen LogP contribution in [0.2, 0.25) is 0 Å². The Bertz CT molecular complexity index is 1300. The Kier molecular flexibility index (Phi) is 6.05. The van der Waals surface area contributed by atoms with E-state index in [2.05, 4.69) is 26.1 Å². The zero-order valence-electron chi connectivity index (χ0n) is 20.5. The van der Waals surface area contributed by atoms with Gasteiger partial charge in [-0.3, -0.25) is 9.59 Å². The lowest BCUT2D eigenvalue weighted by Crippen LogP contribution is -2.33. The molecular weight excluding hydrogens is 424 g/mol. The molecule has 0 fully saturated rings. The summed E-state index contributed by atoms with van der Waals surface area (Å²) < 4.78 is 5.53. The van der Waals surface area contributed by atoms with Crippen molar-refractivity contribution in [2.45, 2.75) is 40.0 Å². The number of para-hydroxylation sites is 1. The Morgan fingerprint density at radius 1 is 0.853 bits per heavy atom. The van der Waals surface area contributed by atoms with Crippen molar-refractivity contribution in [3.8, 4) is 5.75 Å². The number of anilines is 2. The molecule has 0 atom stereocenters. The summed E-state index contributed by atoms with van der Waals surface area (Å²) in [5.74, 6) is -0.236. The lowest BCUT2D eigenvalue weighted by Gasteiger charge is -2.20. The van der Waals surface area contributed by atoms with Crippen molar-refractivity contribution in [3.63, 3.8) is 0 Å². The smallest absolute Gasteiger partial charge is 0.282 e. The number of benzene rings is 3. The Morgan fingerprint density at radius 3 is 2.18 bits per heavy atom. The summed E-state index contributed by atoms with van der Waals surface area (Å²) in [6.07, 6.45) is 0. The molecule has 5 nitrogen and oxygen atoms in total. The molecule has 174 valence electrons. The first kappa shape index (κ1) is 23.3. The van der Waals surface area contributed by atoms with Crippen LogP contribution in [-0.4, -0.2) is 18.9 Å². The van der Waals surface area contributed by atoms with Crippen LogP contribution in [0.4, 0.5) is 11.4 Å². The summed E-state index contributed by atoms with van der Waals surface area (Å²) in [4.78, 5) is 28.8. The van der Waals surface area contributed by atoms with Crippen LogP contribution in [0.1, 0.15) is 43.0 Å². The van der Waals surface area contributed by atoms with E-state index in [0.29, 0.717) is 22.6 Å². The van der Waals surface area contributed by atoms with Crippen molar-refractivity contribution < 1.29 is 14.3 Å². The number of hydrogen-bond donors (Lipinski definition) is 1. The number of aryl methyl sites for hydroxylation is 2. The maximum Gasteiger partial charge on any atom is 0.282 e. The summed E-state index contributed by atoms with van der Waals surface area (Å²) in [5, 5.41) is 3.25. The van der Waals surface area contributed by atoms with Crippen LogP contribution in [0.3, 0.4) is 0 Å². The number of nitrogens with one attached hydrogen (secondary N) is 1. The van der Waals surface area contributed by atoms with E-state index in [4.69, 9.17) is 4.74 Å². The van der Waals surface area contributed by atoms with E-state index in [9.17, 15) is 9.59 Å². The van der Waals surface area contributed by atoms with E-state index in [0.717, 1.165) is 16.8 Å². The highest BCUT2D eigenvalue weighted by atomic mass is 16.5. The first-order valence-electron chi connectivity index (χ1n) is 11.3. The molecule has 0 spiro atoms. The number of methoxy groups -OCH3 is 1. The molecule has 0 saturated carbocycles. The van der Waals surface area contributed by atoms with E-state index in [-0.39, 0.29) is 22.9 Å². The highest BCUT2D eigenvalue weighted by Gasteiger charge is 2.41. The maximum atomic E-state index is 13.8. The molecule has 3 aromatic rings. The minimum Gasteiger partial charge on any atom is -0.496 e. The monoisotopic (exact) mass is 454 g/mol. The van der Waals surface area contributed by atoms with Crippen molar-refractivity contribution in [2.75, 3.05) is 17.3 Å². The van der Waals surface area contributed by atoms with Crippen molar-refractivity contribution in [2.24, 2.45) is 0 Å². The molecule has 0 aromatic heterocycles. The van der Waals surface area contributed by atoms with Gasteiger partial charge in [0.25, 0.3) is 11.8 Å². The van der Waals surface area contributed by atoms with Crippen LogP contribution < -0.4 is 15.0 Å². The lowest BCUT2D eigenvalue weighted by atomic mass is 9.87. The molecule has 1 heterocycles. The maximum absolute atomic E-state index is 13.8. The van der Waals surface area contributed by atoms with Gasteiger partial charge in [0, 0.05) is 11.3 Å². The molecule has 34 heavy (non-hydrogen) atoms. The van der Waals surface area contributed by atoms with Crippen LogP contribution in [0.25, 0.3) is 5.57 Å². The standard InChI is InChI=1S/C29H30N2O3/c1-18-11-12-19(2)23(17-18)31-27(32)25(22-9-7-8-10-24(22)34-6)26(28(31)33)30-21-15-13-20(14-16-21)29(3,4)5/h7-17,30H,1-6H3. The fraction of sp³-hybridized carbons (Fsp3) is 0.241. The second-order valence-corrected chi connectivity index (χ2v) is 9.64. The number of amides is 2. The number of nitrogens with zero attached hydrogens (tertiary/aromatic N) is 1. The molecule has 4 rings (SSSR count). The SMILES string of the molecule is COc1ccccc1C1=C(Nc2ccc(C(C)(C)C)cc2)C(=O)N(c2cc(C)ccc2C)C1=O. The van der Waals surface area contributed by atoms with Gasteiger partial charge in [0.05, 0.1) is 18.4 Å². The second-order valence-electron chi connectivity index (χ2n) is 9.64. The molecular formula is C29H30N2O3. The number of hydrogen-bond acceptors (Lipinski definition) is 4. The predicted molar refractivity (Wildman–Crippen MR) is 137 cm³/mol. The van der Waals surface area contributed by atoms with Gasteiger partial charge < -0.3 is 10.1 Å². The van der Waals surface area contributed by atoms with Crippen molar-refractivity contribution >= 4 is 28.8 Å². The summed E-state index contributed by atoms with van der Waals surface area (Å²) in [6, 6.07) is 21.0. The molecule has 0 bridgehead atoms. The average molecular weight is 455 g/mol. The topological polar surface area (TPSA) is 58.6 Å². The summed E-state index contributed by atoms with van der Waals surface area (Å²) in [7, 11) is 1.56. The van der Waals surface area contributed by atoms with Gasteiger partial charge in [-0.2, -0.15) is 0 Å². The first-order chi connectivity index (χ1) is 16.1. The molecule has 1 aliphatic rings.